The maximum Gasteiger partial charge on any atom is 0.0462 e. The number of unbranched alkanes of at least 4 members (excludes halogenated alkanes) is 1. The first-order chi connectivity index (χ1) is 7.83. The highest BCUT2D eigenvalue weighted by atomic mass is 16.3. The van der Waals surface area contributed by atoms with Gasteiger partial charge in [0.1, 0.15) is 0 Å². The zero-order chi connectivity index (χ0) is 11.8. The maximum atomic E-state index is 9.57. The molecule has 0 radical (unpaired) electrons. The minimum absolute atomic E-state index is 0.387. The number of allylic oxidation sites excluding steroid dienone is 1. The third kappa shape index (κ3) is 3.93. The maximum absolute atomic E-state index is 9.57. The average molecular weight is 224 g/mol. The topological polar surface area (TPSA) is 20.2 Å². The lowest BCUT2D eigenvalue weighted by Gasteiger charge is -2.36. The van der Waals surface area contributed by atoms with Gasteiger partial charge in [-0.05, 0) is 43.4 Å². The summed E-state index contributed by atoms with van der Waals surface area (Å²) < 4.78 is 0. The lowest BCUT2D eigenvalue weighted by atomic mass is 9.70. The molecule has 0 bridgehead atoms. The lowest BCUT2D eigenvalue weighted by molar-refractivity contribution is 0.0925. The highest BCUT2D eigenvalue weighted by Crippen LogP contribution is 2.38. The van der Waals surface area contributed by atoms with Crippen LogP contribution < -0.4 is 0 Å². The quantitative estimate of drug-likeness (QED) is 0.508. The summed E-state index contributed by atoms with van der Waals surface area (Å²) in [5.41, 5.74) is 0. The fourth-order valence-corrected chi connectivity index (χ4v) is 3.33. The van der Waals surface area contributed by atoms with Gasteiger partial charge >= 0.3 is 0 Å². The smallest absolute Gasteiger partial charge is 0.0462 e. The summed E-state index contributed by atoms with van der Waals surface area (Å²) in [5, 5.41) is 9.57. The van der Waals surface area contributed by atoms with Crippen molar-refractivity contribution in [1.29, 1.82) is 0 Å². The van der Waals surface area contributed by atoms with Gasteiger partial charge in [0.2, 0.25) is 0 Å². The molecule has 0 amide bonds. The first kappa shape index (κ1) is 13.8. The van der Waals surface area contributed by atoms with Crippen molar-refractivity contribution in [1.82, 2.24) is 0 Å². The molecular formula is C15H28O. The van der Waals surface area contributed by atoms with Gasteiger partial charge in [0.25, 0.3) is 0 Å². The van der Waals surface area contributed by atoms with E-state index < -0.39 is 0 Å². The Labute approximate surface area is 101 Å². The van der Waals surface area contributed by atoms with E-state index >= 15 is 0 Å². The van der Waals surface area contributed by atoms with Gasteiger partial charge in [-0.15, -0.1) is 6.58 Å². The molecule has 2 unspecified atom stereocenters. The van der Waals surface area contributed by atoms with Crippen molar-refractivity contribution in [2.24, 2.45) is 17.8 Å². The molecule has 0 spiro atoms. The zero-order valence-electron chi connectivity index (χ0n) is 10.8. The second kappa shape index (κ2) is 7.89. The van der Waals surface area contributed by atoms with Crippen LogP contribution in [0.3, 0.4) is 0 Å². The summed E-state index contributed by atoms with van der Waals surface area (Å²) >= 11 is 0. The van der Waals surface area contributed by atoms with Crippen LogP contribution in [0.15, 0.2) is 12.7 Å². The van der Waals surface area contributed by atoms with Crippen molar-refractivity contribution >= 4 is 0 Å². The normalized spacial score (nSPS) is 27.6. The minimum atomic E-state index is 0.387. The number of aliphatic hydroxyl groups is 1. The van der Waals surface area contributed by atoms with E-state index in [1.807, 2.05) is 6.08 Å². The van der Waals surface area contributed by atoms with Gasteiger partial charge in [-0.3, -0.25) is 0 Å². The molecular weight excluding hydrogens is 196 g/mol. The molecule has 1 N–H and O–H groups in total. The summed E-state index contributed by atoms with van der Waals surface area (Å²) in [4.78, 5) is 0. The monoisotopic (exact) mass is 224 g/mol. The molecule has 0 aliphatic heterocycles. The highest BCUT2D eigenvalue weighted by Gasteiger charge is 2.29. The van der Waals surface area contributed by atoms with Crippen molar-refractivity contribution in [2.75, 3.05) is 6.61 Å². The molecule has 94 valence electrons. The van der Waals surface area contributed by atoms with Crippen molar-refractivity contribution in [3.8, 4) is 0 Å². The van der Waals surface area contributed by atoms with Crippen LogP contribution in [0.1, 0.15) is 58.3 Å². The number of rotatable bonds is 7. The summed E-state index contributed by atoms with van der Waals surface area (Å²) in [6.07, 6.45) is 12.3. The fraction of sp³-hybridized carbons (Fsp3) is 0.867. The molecule has 16 heavy (non-hydrogen) atoms. The molecule has 1 aliphatic rings. The fourth-order valence-electron chi connectivity index (χ4n) is 3.33. The second-order valence-corrected chi connectivity index (χ2v) is 5.28. The van der Waals surface area contributed by atoms with Crippen molar-refractivity contribution < 1.29 is 5.11 Å². The standard InChI is InChI=1S/C15H28O/c1-3-5-6-10-14(12-16)15-11-8-7-9-13(15)4-2/h3,13-16H,1,4-12H2,2H3/t13-,14?,15?/m0/s1. The number of aliphatic hydroxyl groups excluding tert-OH is 1. The Morgan fingerprint density at radius 1 is 1.38 bits per heavy atom. The Bertz CT molecular complexity index is 188. The first-order valence-corrected chi connectivity index (χ1v) is 7.05. The Morgan fingerprint density at radius 3 is 2.75 bits per heavy atom. The summed E-state index contributed by atoms with van der Waals surface area (Å²) in [6.45, 7) is 6.46. The van der Waals surface area contributed by atoms with E-state index in [-0.39, 0.29) is 0 Å². The largest absolute Gasteiger partial charge is 0.396 e. The van der Waals surface area contributed by atoms with E-state index in [2.05, 4.69) is 13.5 Å². The van der Waals surface area contributed by atoms with Crippen LogP contribution in [0, 0.1) is 17.8 Å². The van der Waals surface area contributed by atoms with Crippen LogP contribution in [0.5, 0.6) is 0 Å². The number of hydrogen-bond acceptors (Lipinski definition) is 1. The molecule has 1 saturated carbocycles. The predicted octanol–water partition coefficient (Wildman–Crippen LogP) is 4.17. The molecule has 1 aliphatic carbocycles. The zero-order valence-corrected chi connectivity index (χ0v) is 10.8. The van der Waals surface area contributed by atoms with Gasteiger partial charge in [-0.25, -0.2) is 0 Å². The van der Waals surface area contributed by atoms with Crippen LogP contribution in [-0.4, -0.2) is 11.7 Å². The minimum Gasteiger partial charge on any atom is -0.396 e. The van der Waals surface area contributed by atoms with Crippen LogP contribution in [0.25, 0.3) is 0 Å². The highest BCUT2D eigenvalue weighted by molar-refractivity contribution is 4.81. The Hall–Kier alpha value is -0.300. The van der Waals surface area contributed by atoms with Crippen LogP contribution in [-0.2, 0) is 0 Å². The third-order valence-corrected chi connectivity index (χ3v) is 4.32. The van der Waals surface area contributed by atoms with Crippen LogP contribution >= 0.6 is 0 Å². The van der Waals surface area contributed by atoms with E-state index in [1.165, 1.54) is 44.9 Å². The van der Waals surface area contributed by atoms with Gasteiger partial charge in [-0.2, -0.15) is 0 Å². The molecule has 1 rings (SSSR count). The van der Waals surface area contributed by atoms with Gasteiger partial charge in [0.05, 0.1) is 0 Å². The second-order valence-electron chi connectivity index (χ2n) is 5.28. The van der Waals surface area contributed by atoms with E-state index in [0.29, 0.717) is 12.5 Å². The number of hydrogen-bond donors (Lipinski definition) is 1. The first-order valence-electron chi connectivity index (χ1n) is 7.05. The Kier molecular flexibility index (Phi) is 6.79. The average Bonchev–Trinajstić information content (AvgIpc) is 2.35. The molecule has 3 atom stereocenters. The molecule has 0 aromatic rings. The van der Waals surface area contributed by atoms with E-state index in [1.54, 1.807) is 0 Å². The lowest BCUT2D eigenvalue weighted by Crippen LogP contribution is -2.28. The van der Waals surface area contributed by atoms with Crippen molar-refractivity contribution in [3.05, 3.63) is 12.7 Å². The van der Waals surface area contributed by atoms with Gasteiger partial charge in [0, 0.05) is 6.61 Å². The summed E-state index contributed by atoms with van der Waals surface area (Å²) in [5.74, 6) is 2.20. The molecule has 1 heteroatoms. The SMILES string of the molecule is C=CCCCC(CO)C1CCCC[C@@H]1CC. The third-order valence-electron chi connectivity index (χ3n) is 4.32. The molecule has 0 heterocycles. The van der Waals surface area contributed by atoms with Gasteiger partial charge in [0.15, 0.2) is 0 Å². The van der Waals surface area contributed by atoms with Crippen molar-refractivity contribution in [3.63, 3.8) is 0 Å². The van der Waals surface area contributed by atoms with Gasteiger partial charge < -0.3 is 5.11 Å². The summed E-state index contributed by atoms with van der Waals surface area (Å²) in [7, 11) is 0. The molecule has 0 saturated heterocycles. The van der Waals surface area contributed by atoms with E-state index in [9.17, 15) is 5.11 Å². The molecule has 0 aromatic carbocycles. The van der Waals surface area contributed by atoms with E-state index in [4.69, 9.17) is 0 Å². The van der Waals surface area contributed by atoms with Crippen molar-refractivity contribution in [2.45, 2.75) is 58.3 Å². The molecule has 1 nitrogen and oxygen atoms in total. The van der Waals surface area contributed by atoms with Crippen LogP contribution in [0.2, 0.25) is 0 Å². The van der Waals surface area contributed by atoms with Gasteiger partial charge in [-0.1, -0.05) is 38.7 Å². The van der Waals surface area contributed by atoms with E-state index in [0.717, 1.165) is 18.3 Å². The molecule has 0 aromatic heterocycles. The Morgan fingerprint density at radius 2 is 2.12 bits per heavy atom. The summed E-state index contributed by atoms with van der Waals surface area (Å²) in [6, 6.07) is 0. The predicted molar refractivity (Wildman–Crippen MR) is 70.4 cm³/mol. The molecule has 1 fully saturated rings. The van der Waals surface area contributed by atoms with Crippen LogP contribution in [0.4, 0.5) is 0 Å². The Balaban J connectivity index is 2.44.